The molecule has 0 radical (unpaired) electrons. The van der Waals surface area contributed by atoms with Crippen molar-refractivity contribution in [2.75, 3.05) is 6.54 Å². The average molecular weight is 168 g/mol. The van der Waals surface area contributed by atoms with Gasteiger partial charge in [0.15, 0.2) is 0 Å². The number of rotatable bonds is 3. The van der Waals surface area contributed by atoms with Crippen molar-refractivity contribution in [2.24, 2.45) is 11.5 Å². The highest BCUT2D eigenvalue weighted by molar-refractivity contribution is 5.20. The Bertz CT molecular complexity index is 250. The average Bonchev–Trinajstić information content (AvgIpc) is 2.05. The van der Waals surface area contributed by atoms with Crippen LogP contribution in [0, 0.1) is 5.82 Å². The standard InChI is InChI=1S/C9H13FN2/c10-8-4-2-1-3-7(8)9(12)5-6-11/h1-4,9H,5-6,11-12H2/t9-/m1/s1. The van der Waals surface area contributed by atoms with Crippen LogP contribution >= 0.6 is 0 Å². The van der Waals surface area contributed by atoms with Gasteiger partial charge >= 0.3 is 0 Å². The second kappa shape index (κ2) is 4.18. The number of halogens is 1. The van der Waals surface area contributed by atoms with Gasteiger partial charge in [-0.25, -0.2) is 4.39 Å². The lowest BCUT2D eigenvalue weighted by atomic mass is 10.0. The fourth-order valence-corrected chi connectivity index (χ4v) is 1.11. The molecule has 4 N–H and O–H groups in total. The number of nitrogens with two attached hydrogens (primary N) is 2. The van der Waals surface area contributed by atoms with Gasteiger partial charge in [-0.2, -0.15) is 0 Å². The molecular weight excluding hydrogens is 155 g/mol. The van der Waals surface area contributed by atoms with Crippen LogP contribution in [0.4, 0.5) is 4.39 Å². The Morgan fingerprint density at radius 1 is 1.33 bits per heavy atom. The Kier molecular flexibility index (Phi) is 3.19. The van der Waals surface area contributed by atoms with Gasteiger partial charge in [-0.05, 0) is 19.0 Å². The number of hydrogen-bond acceptors (Lipinski definition) is 2. The monoisotopic (exact) mass is 168 g/mol. The molecule has 12 heavy (non-hydrogen) atoms. The molecule has 1 aromatic carbocycles. The predicted octanol–water partition coefficient (Wildman–Crippen LogP) is 1.17. The summed E-state index contributed by atoms with van der Waals surface area (Å²) in [4.78, 5) is 0. The van der Waals surface area contributed by atoms with Crippen molar-refractivity contribution in [2.45, 2.75) is 12.5 Å². The van der Waals surface area contributed by atoms with Crippen LogP contribution in [0.5, 0.6) is 0 Å². The number of benzene rings is 1. The van der Waals surface area contributed by atoms with Gasteiger partial charge in [0, 0.05) is 11.6 Å². The molecule has 0 heterocycles. The van der Waals surface area contributed by atoms with E-state index in [1.807, 2.05) is 0 Å². The molecule has 2 nitrogen and oxygen atoms in total. The molecule has 0 aliphatic rings. The minimum Gasteiger partial charge on any atom is -0.330 e. The Balaban J connectivity index is 2.79. The summed E-state index contributed by atoms with van der Waals surface area (Å²) in [5, 5.41) is 0. The Labute approximate surface area is 71.4 Å². The van der Waals surface area contributed by atoms with E-state index in [4.69, 9.17) is 11.5 Å². The van der Waals surface area contributed by atoms with Crippen LogP contribution in [0.2, 0.25) is 0 Å². The molecule has 1 aromatic rings. The van der Waals surface area contributed by atoms with E-state index < -0.39 is 0 Å². The lowest BCUT2D eigenvalue weighted by Crippen LogP contribution is -2.16. The van der Waals surface area contributed by atoms with E-state index in [0.29, 0.717) is 18.5 Å². The molecule has 0 bridgehead atoms. The van der Waals surface area contributed by atoms with Gasteiger partial charge in [0.1, 0.15) is 5.82 Å². The lowest BCUT2D eigenvalue weighted by molar-refractivity contribution is 0.567. The molecule has 0 saturated carbocycles. The van der Waals surface area contributed by atoms with E-state index in [2.05, 4.69) is 0 Å². The first kappa shape index (κ1) is 9.16. The van der Waals surface area contributed by atoms with Crippen LogP contribution in [-0.2, 0) is 0 Å². The highest BCUT2D eigenvalue weighted by Gasteiger charge is 2.08. The smallest absolute Gasteiger partial charge is 0.127 e. The zero-order valence-electron chi connectivity index (χ0n) is 6.83. The molecule has 0 aliphatic heterocycles. The summed E-state index contributed by atoms with van der Waals surface area (Å²) in [6.07, 6.45) is 0.612. The first-order valence-electron chi connectivity index (χ1n) is 3.95. The largest absolute Gasteiger partial charge is 0.330 e. The van der Waals surface area contributed by atoms with Gasteiger partial charge in [-0.15, -0.1) is 0 Å². The number of hydrogen-bond donors (Lipinski definition) is 2. The summed E-state index contributed by atoms with van der Waals surface area (Å²) in [6, 6.07) is 6.24. The van der Waals surface area contributed by atoms with Crippen molar-refractivity contribution in [1.29, 1.82) is 0 Å². The van der Waals surface area contributed by atoms with Gasteiger partial charge in [-0.1, -0.05) is 18.2 Å². The summed E-state index contributed by atoms with van der Waals surface area (Å²) >= 11 is 0. The summed E-state index contributed by atoms with van der Waals surface area (Å²) in [5.41, 5.74) is 11.5. The van der Waals surface area contributed by atoms with Crippen LogP contribution in [0.3, 0.4) is 0 Å². The fraction of sp³-hybridized carbons (Fsp3) is 0.333. The minimum atomic E-state index is -0.281. The van der Waals surface area contributed by atoms with Crippen molar-refractivity contribution in [1.82, 2.24) is 0 Å². The zero-order valence-corrected chi connectivity index (χ0v) is 6.83. The molecule has 1 rings (SSSR count). The molecule has 0 spiro atoms. The van der Waals surface area contributed by atoms with E-state index in [-0.39, 0.29) is 11.9 Å². The summed E-state index contributed by atoms with van der Waals surface area (Å²) in [6.45, 7) is 0.482. The third kappa shape index (κ3) is 2.03. The van der Waals surface area contributed by atoms with Gasteiger partial charge in [0.25, 0.3) is 0 Å². The maximum absolute atomic E-state index is 13.0. The molecule has 66 valence electrons. The van der Waals surface area contributed by atoms with Crippen LogP contribution in [0.15, 0.2) is 24.3 Å². The first-order chi connectivity index (χ1) is 5.75. The Hall–Kier alpha value is -0.930. The first-order valence-corrected chi connectivity index (χ1v) is 3.95. The molecule has 3 heteroatoms. The van der Waals surface area contributed by atoms with Gasteiger partial charge < -0.3 is 11.5 Å². The Morgan fingerprint density at radius 3 is 2.58 bits per heavy atom. The maximum atomic E-state index is 13.0. The summed E-state index contributed by atoms with van der Waals surface area (Å²) in [7, 11) is 0. The van der Waals surface area contributed by atoms with Crippen LogP contribution < -0.4 is 11.5 Å². The van der Waals surface area contributed by atoms with Crippen LogP contribution in [0.25, 0.3) is 0 Å². The molecule has 0 unspecified atom stereocenters. The quantitative estimate of drug-likeness (QED) is 0.712. The second-order valence-corrected chi connectivity index (χ2v) is 2.71. The maximum Gasteiger partial charge on any atom is 0.127 e. The Morgan fingerprint density at radius 2 is 2.00 bits per heavy atom. The van der Waals surface area contributed by atoms with E-state index in [9.17, 15) is 4.39 Å². The van der Waals surface area contributed by atoms with E-state index in [1.54, 1.807) is 18.2 Å². The van der Waals surface area contributed by atoms with Crippen molar-refractivity contribution in [3.63, 3.8) is 0 Å². The topological polar surface area (TPSA) is 52.0 Å². The van der Waals surface area contributed by atoms with Gasteiger partial charge in [-0.3, -0.25) is 0 Å². The van der Waals surface area contributed by atoms with Gasteiger partial charge in [0.05, 0.1) is 0 Å². The van der Waals surface area contributed by atoms with Crippen molar-refractivity contribution in [3.05, 3.63) is 35.6 Å². The normalized spacial score (nSPS) is 12.9. The van der Waals surface area contributed by atoms with Crippen LogP contribution in [0.1, 0.15) is 18.0 Å². The molecule has 0 fully saturated rings. The molecule has 1 atom stereocenters. The van der Waals surface area contributed by atoms with Gasteiger partial charge in [0.2, 0.25) is 0 Å². The third-order valence-corrected chi connectivity index (χ3v) is 1.78. The van der Waals surface area contributed by atoms with E-state index in [1.165, 1.54) is 6.07 Å². The highest BCUT2D eigenvalue weighted by Crippen LogP contribution is 2.16. The molecule has 0 amide bonds. The second-order valence-electron chi connectivity index (χ2n) is 2.71. The highest BCUT2D eigenvalue weighted by atomic mass is 19.1. The summed E-state index contributed by atoms with van der Waals surface area (Å²) in [5.74, 6) is -0.251. The van der Waals surface area contributed by atoms with Crippen LogP contribution in [-0.4, -0.2) is 6.54 Å². The lowest BCUT2D eigenvalue weighted by Gasteiger charge is -2.10. The van der Waals surface area contributed by atoms with Crippen molar-refractivity contribution >= 4 is 0 Å². The third-order valence-electron chi connectivity index (χ3n) is 1.78. The van der Waals surface area contributed by atoms with E-state index in [0.717, 1.165) is 0 Å². The molecule has 0 saturated heterocycles. The molecule has 0 aromatic heterocycles. The molecular formula is C9H13FN2. The predicted molar refractivity (Wildman–Crippen MR) is 47.0 cm³/mol. The minimum absolute atomic E-state index is 0.251. The SMILES string of the molecule is NCC[C@@H](N)c1ccccc1F. The van der Waals surface area contributed by atoms with E-state index >= 15 is 0 Å². The zero-order chi connectivity index (χ0) is 8.97. The van der Waals surface area contributed by atoms with Crippen molar-refractivity contribution in [3.8, 4) is 0 Å². The summed E-state index contributed by atoms with van der Waals surface area (Å²) < 4.78 is 13.0. The van der Waals surface area contributed by atoms with Crippen molar-refractivity contribution < 1.29 is 4.39 Å². The molecule has 0 aliphatic carbocycles. The fourth-order valence-electron chi connectivity index (χ4n) is 1.11.